The van der Waals surface area contributed by atoms with Gasteiger partial charge in [0.15, 0.2) is 0 Å². The van der Waals surface area contributed by atoms with Crippen molar-refractivity contribution in [1.82, 2.24) is 0 Å². The van der Waals surface area contributed by atoms with Crippen molar-refractivity contribution in [2.24, 2.45) is 5.73 Å². The highest BCUT2D eigenvalue weighted by molar-refractivity contribution is 7.99. The van der Waals surface area contributed by atoms with Crippen LogP contribution in [-0.2, 0) is 6.54 Å². The maximum atomic E-state index is 13.6. The minimum absolute atomic E-state index is 0.273. The molecular weight excluding hydrogens is 252 g/mol. The van der Waals surface area contributed by atoms with E-state index < -0.39 is 11.6 Å². The number of hydrogen-bond acceptors (Lipinski definition) is 2. The second-order valence-electron chi connectivity index (χ2n) is 3.99. The Balaban J connectivity index is 2.38. The fourth-order valence-electron chi connectivity index (χ4n) is 1.60. The third-order valence-corrected chi connectivity index (χ3v) is 3.69. The van der Waals surface area contributed by atoms with Crippen LogP contribution in [0, 0.1) is 18.6 Å². The van der Waals surface area contributed by atoms with E-state index in [2.05, 4.69) is 0 Å². The zero-order chi connectivity index (χ0) is 13.1. The Morgan fingerprint density at radius 1 is 1.06 bits per heavy atom. The molecule has 2 rings (SSSR count). The van der Waals surface area contributed by atoms with Gasteiger partial charge in [-0.2, -0.15) is 0 Å². The number of halogens is 2. The molecule has 0 spiro atoms. The quantitative estimate of drug-likeness (QED) is 0.911. The van der Waals surface area contributed by atoms with Crippen molar-refractivity contribution in [3.05, 3.63) is 59.2 Å². The molecule has 0 aliphatic rings. The average Bonchev–Trinajstić information content (AvgIpc) is 2.34. The van der Waals surface area contributed by atoms with E-state index >= 15 is 0 Å². The Morgan fingerprint density at radius 3 is 2.56 bits per heavy atom. The summed E-state index contributed by atoms with van der Waals surface area (Å²) >= 11 is 1.20. The van der Waals surface area contributed by atoms with Gasteiger partial charge in [0.05, 0.1) is 4.90 Å². The Kier molecular flexibility index (Phi) is 3.99. The van der Waals surface area contributed by atoms with Crippen molar-refractivity contribution >= 4 is 11.8 Å². The molecule has 0 unspecified atom stereocenters. The highest BCUT2D eigenvalue weighted by Gasteiger charge is 2.09. The lowest BCUT2D eigenvalue weighted by Gasteiger charge is -2.09. The first-order valence-electron chi connectivity index (χ1n) is 5.52. The molecule has 0 saturated carbocycles. The summed E-state index contributed by atoms with van der Waals surface area (Å²) in [6.45, 7) is 2.33. The molecule has 0 aliphatic carbocycles. The van der Waals surface area contributed by atoms with Crippen LogP contribution in [0.25, 0.3) is 0 Å². The molecule has 18 heavy (non-hydrogen) atoms. The minimum Gasteiger partial charge on any atom is -0.326 e. The van der Waals surface area contributed by atoms with Crippen molar-refractivity contribution in [3.63, 3.8) is 0 Å². The Labute approximate surface area is 109 Å². The molecule has 2 N–H and O–H groups in total. The summed E-state index contributed by atoms with van der Waals surface area (Å²) in [5.41, 5.74) is 7.63. The summed E-state index contributed by atoms with van der Waals surface area (Å²) in [5.74, 6) is -0.869. The highest BCUT2D eigenvalue weighted by Crippen LogP contribution is 2.33. The van der Waals surface area contributed by atoms with Crippen molar-refractivity contribution < 1.29 is 8.78 Å². The van der Waals surface area contributed by atoms with E-state index in [1.54, 1.807) is 0 Å². The van der Waals surface area contributed by atoms with Gasteiger partial charge in [-0.1, -0.05) is 23.9 Å². The minimum atomic E-state index is -0.444. The van der Waals surface area contributed by atoms with Gasteiger partial charge in [0.1, 0.15) is 11.6 Å². The molecular formula is C14H13F2NS. The van der Waals surface area contributed by atoms with Crippen LogP contribution >= 0.6 is 11.8 Å². The SMILES string of the molecule is Cc1ccc(CN)c(Sc2cc(F)ccc2F)c1. The van der Waals surface area contributed by atoms with Gasteiger partial charge in [0, 0.05) is 11.4 Å². The molecule has 0 aliphatic heterocycles. The fraction of sp³-hybridized carbons (Fsp3) is 0.143. The Morgan fingerprint density at radius 2 is 1.83 bits per heavy atom. The molecule has 0 heterocycles. The smallest absolute Gasteiger partial charge is 0.137 e. The van der Waals surface area contributed by atoms with Gasteiger partial charge >= 0.3 is 0 Å². The molecule has 0 fully saturated rings. The molecule has 94 valence electrons. The molecule has 0 atom stereocenters. The maximum Gasteiger partial charge on any atom is 0.137 e. The summed E-state index contributed by atoms with van der Waals surface area (Å²) in [4.78, 5) is 1.14. The van der Waals surface area contributed by atoms with Crippen LogP contribution in [0.3, 0.4) is 0 Å². The van der Waals surface area contributed by atoms with Gasteiger partial charge in [-0.25, -0.2) is 8.78 Å². The predicted octanol–water partition coefficient (Wildman–Crippen LogP) is 3.88. The van der Waals surface area contributed by atoms with Crippen LogP contribution in [0.5, 0.6) is 0 Å². The molecule has 4 heteroatoms. The zero-order valence-corrected chi connectivity index (χ0v) is 10.7. The molecule has 0 aromatic heterocycles. The molecule has 2 aromatic carbocycles. The zero-order valence-electron chi connectivity index (χ0n) is 9.91. The third kappa shape index (κ3) is 2.89. The van der Waals surface area contributed by atoms with E-state index in [-0.39, 0.29) is 4.90 Å². The summed E-state index contributed by atoms with van der Waals surface area (Å²) in [6, 6.07) is 9.23. The lowest BCUT2D eigenvalue weighted by molar-refractivity contribution is 0.577. The van der Waals surface area contributed by atoms with E-state index in [9.17, 15) is 8.78 Å². The fourth-order valence-corrected chi connectivity index (χ4v) is 2.70. The Bertz CT molecular complexity index is 570. The molecule has 2 aromatic rings. The standard InChI is InChI=1S/C14H13F2NS/c1-9-2-3-10(8-17)13(6-9)18-14-7-11(15)4-5-12(14)16/h2-7H,8,17H2,1H3. The van der Waals surface area contributed by atoms with Gasteiger partial charge in [-0.3, -0.25) is 0 Å². The number of nitrogens with two attached hydrogens (primary N) is 1. The second kappa shape index (κ2) is 5.50. The van der Waals surface area contributed by atoms with Crippen LogP contribution < -0.4 is 5.73 Å². The first-order chi connectivity index (χ1) is 8.60. The number of hydrogen-bond donors (Lipinski definition) is 1. The highest BCUT2D eigenvalue weighted by atomic mass is 32.2. The van der Waals surface area contributed by atoms with Crippen LogP contribution in [-0.4, -0.2) is 0 Å². The van der Waals surface area contributed by atoms with Gasteiger partial charge in [0.2, 0.25) is 0 Å². The summed E-state index contributed by atoms with van der Waals surface area (Å²) in [6.07, 6.45) is 0. The molecule has 0 amide bonds. The molecule has 0 saturated heterocycles. The monoisotopic (exact) mass is 265 g/mol. The number of aryl methyl sites for hydroxylation is 1. The first-order valence-corrected chi connectivity index (χ1v) is 6.34. The summed E-state index contributed by atoms with van der Waals surface area (Å²) in [7, 11) is 0. The molecule has 1 nitrogen and oxygen atoms in total. The average molecular weight is 265 g/mol. The maximum absolute atomic E-state index is 13.6. The van der Waals surface area contributed by atoms with E-state index in [4.69, 9.17) is 5.73 Å². The predicted molar refractivity (Wildman–Crippen MR) is 69.6 cm³/mol. The van der Waals surface area contributed by atoms with Gasteiger partial charge in [-0.15, -0.1) is 0 Å². The second-order valence-corrected chi connectivity index (χ2v) is 5.08. The van der Waals surface area contributed by atoms with Crippen LogP contribution in [0.15, 0.2) is 46.2 Å². The summed E-state index contributed by atoms with van der Waals surface area (Å²) < 4.78 is 26.7. The first kappa shape index (κ1) is 13.1. The Hall–Kier alpha value is -1.39. The topological polar surface area (TPSA) is 26.0 Å². The van der Waals surface area contributed by atoms with E-state index in [1.165, 1.54) is 17.8 Å². The molecule has 0 radical (unpaired) electrons. The normalized spacial score (nSPS) is 10.7. The van der Waals surface area contributed by atoms with Crippen molar-refractivity contribution in [2.45, 2.75) is 23.3 Å². The van der Waals surface area contributed by atoms with Crippen LogP contribution in [0.2, 0.25) is 0 Å². The van der Waals surface area contributed by atoms with Gasteiger partial charge < -0.3 is 5.73 Å². The van der Waals surface area contributed by atoms with E-state index in [0.717, 1.165) is 28.2 Å². The summed E-state index contributed by atoms with van der Waals surface area (Å²) in [5, 5.41) is 0. The van der Waals surface area contributed by atoms with Crippen molar-refractivity contribution in [2.75, 3.05) is 0 Å². The molecule has 0 bridgehead atoms. The lowest BCUT2D eigenvalue weighted by Crippen LogP contribution is -1.98. The van der Waals surface area contributed by atoms with E-state index in [1.807, 2.05) is 25.1 Å². The third-order valence-electron chi connectivity index (χ3n) is 2.56. The van der Waals surface area contributed by atoms with Crippen molar-refractivity contribution in [3.8, 4) is 0 Å². The van der Waals surface area contributed by atoms with E-state index in [0.29, 0.717) is 6.54 Å². The lowest BCUT2D eigenvalue weighted by atomic mass is 10.1. The number of benzene rings is 2. The largest absolute Gasteiger partial charge is 0.326 e. The van der Waals surface area contributed by atoms with Crippen molar-refractivity contribution in [1.29, 1.82) is 0 Å². The van der Waals surface area contributed by atoms with Crippen LogP contribution in [0.4, 0.5) is 8.78 Å². The van der Waals surface area contributed by atoms with Crippen LogP contribution in [0.1, 0.15) is 11.1 Å². The van der Waals surface area contributed by atoms with Gasteiger partial charge in [-0.05, 0) is 42.3 Å². The van der Waals surface area contributed by atoms with Gasteiger partial charge in [0.25, 0.3) is 0 Å². The number of rotatable bonds is 3.